The molecule has 0 aliphatic carbocycles. The summed E-state index contributed by atoms with van der Waals surface area (Å²) in [6, 6.07) is 5.56. The number of benzene rings is 1. The van der Waals surface area contributed by atoms with Crippen molar-refractivity contribution in [2.24, 2.45) is 0 Å². The fourth-order valence-corrected chi connectivity index (χ4v) is 3.25. The smallest absolute Gasteiger partial charge is 0.422 e. The van der Waals surface area contributed by atoms with Crippen molar-refractivity contribution >= 4 is 11.9 Å². The Morgan fingerprint density at radius 3 is 1.58 bits per heavy atom. The highest BCUT2D eigenvalue weighted by atomic mass is 19.4. The summed E-state index contributed by atoms with van der Waals surface area (Å²) in [5.74, 6) is -1.93. The van der Waals surface area contributed by atoms with Gasteiger partial charge in [-0.05, 0) is 18.6 Å². The summed E-state index contributed by atoms with van der Waals surface area (Å²) < 4.78 is 46.1. The molecule has 0 atom stereocenters. The number of esters is 2. The zero-order chi connectivity index (χ0) is 23.0. The zero-order valence-electron chi connectivity index (χ0n) is 18.5. The number of ether oxygens (including phenoxy) is 2. The lowest BCUT2D eigenvalue weighted by atomic mass is 10.1. The highest BCUT2D eigenvalue weighted by Gasteiger charge is 2.30. The molecular formula is C24H35F3O4. The first-order valence-electron chi connectivity index (χ1n) is 11.3. The molecule has 1 rings (SSSR count). The van der Waals surface area contributed by atoms with Gasteiger partial charge in [0, 0.05) is 0 Å². The first-order chi connectivity index (χ1) is 14.8. The van der Waals surface area contributed by atoms with E-state index >= 15 is 0 Å². The number of alkyl halides is 3. The van der Waals surface area contributed by atoms with E-state index < -0.39 is 24.7 Å². The molecule has 0 bridgehead atoms. The van der Waals surface area contributed by atoms with Crippen molar-refractivity contribution in [1.82, 2.24) is 0 Å². The van der Waals surface area contributed by atoms with Crippen molar-refractivity contribution in [2.45, 2.75) is 90.1 Å². The monoisotopic (exact) mass is 444 g/mol. The van der Waals surface area contributed by atoms with Crippen LogP contribution in [0.3, 0.4) is 0 Å². The third-order valence-electron chi connectivity index (χ3n) is 4.96. The van der Waals surface area contributed by atoms with Gasteiger partial charge in [-0.25, -0.2) is 9.59 Å². The molecule has 0 saturated heterocycles. The van der Waals surface area contributed by atoms with Gasteiger partial charge in [-0.15, -0.1) is 0 Å². The number of hydrogen-bond acceptors (Lipinski definition) is 4. The second-order valence-corrected chi connectivity index (χ2v) is 7.76. The second-order valence-electron chi connectivity index (χ2n) is 7.76. The molecule has 0 aliphatic rings. The van der Waals surface area contributed by atoms with Crippen LogP contribution in [0.1, 0.15) is 105 Å². The summed E-state index contributed by atoms with van der Waals surface area (Å²) in [5, 5.41) is 0. The number of unbranched alkanes of at least 4 members (excludes halogenated alkanes) is 11. The average molecular weight is 445 g/mol. The fraction of sp³-hybridized carbons (Fsp3) is 0.667. The van der Waals surface area contributed by atoms with Crippen molar-refractivity contribution < 1.29 is 32.2 Å². The Labute approximate surface area is 183 Å². The normalized spacial score (nSPS) is 11.4. The van der Waals surface area contributed by atoms with E-state index in [2.05, 4.69) is 11.7 Å². The Bertz CT molecular complexity index is 644. The molecule has 0 spiro atoms. The molecule has 4 nitrogen and oxygen atoms in total. The fourth-order valence-electron chi connectivity index (χ4n) is 3.25. The zero-order valence-corrected chi connectivity index (χ0v) is 18.5. The number of halogens is 3. The minimum absolute atomic E-state index is 0.0892. The van der Waals surface area contributed by atoms with Crippen molar-refractivity contribution in [1.29, 1.82) is 0 Å². The molecule has 0 heterocycles. The van der Waals surface area contributed by atoms with Crippen molar-refractivity contribution in [3.8, 4) is 0 Å². The van der Waals surface area contributed by atoms with E-state index in [4.69, 9.17) is 4.74 Å². The molecule has 176 valence electrons. The van der Waals surface area contributed by atoms with Crippen LogP contribution in [0.25, 0.3) is 0 Å². The Balaban J connectivity index is 2.19. The predicted octanol–water partition coefficient (Wildman–Crippen LogP) is 7.26. The molecule has 0 fully saturated rings. The number of rotatable bonds is 16. The molecule has 7 heteroatoms. The first kappa shape index (κ1) is 27.0. The van der Waals surface area contributed by atoms with Gasteiger partial charge in [0.05, 0.1) is 17.7 Å². The Morgan fingerprint density at radius 1 is 0.710 bits per heavy atom. The third-order valence-corrected chi connectivity index (χ3v) is 4.96. The number of carbonyl (C=O) groups is 2. The van der Waals surface area contributed by atoms with Crippen LogP contribution >= 0.6 is 0 Å². The van der Waals surface area contributed by atoms with Gasteiger partial charge in [-0.3, -0.25) is 0 Å². The maximum atomic E-state index is 12.2. The van der Waals surface area contributed by atoms with E-state index in [1.54, 1.807) is 0 Å². The van der Waals surface area contributed by atoms with E-state index in [1.165, 1.54) is 75.6 Å². The molecule has 31 heavy (non-hydrogen) atoms. The van der Waals surface area contributed by atoms with E-state index in [-0.39, 0.29) is 17.7 Å². The highest BCUT2D eigenvalue weighted by Crippen LogP contribution is 2.18. The average Bonchev–Trinajstić information content (AvgIpc) is 2.74. The quantitative estimate of drug-likeness (QED) is 0.199. The predicted molar refractivity (Wildman–Crippen MR) is 114 cm³/mol. The van der Waals surface area contributed by atoms with Gasteiger partial charge in [0.15, 0.2) is 6.61 Å². The van der Waals surface area contributed by atoms with Crippen LogP contribution in [0.15, 0.2) is 24.3 Å². The second kappa shape index (κ2) is 15.7. The summed E-state index contributed by atoms with van der Waals surface area (Å²) in [6.45, 7) is 0.731. The lowest BCUT2D eigenvalue weighted by molar-refractivity contribution is -0.161. The van der Waals surface area contributed by atoms with Crippen molar-refractivity contribution in [3.05, 3.63) is 35.4 Å². The lowest BCUT2D eigenvalue weighted by Gasteiger charge is -2.11. The Morgan fingerprint density at radius 2 is 1.13 bits per heavy atom. The molecule has 0 saturated carbocycles. The van der Waals surface area contributed by atoms with Crippen LogP contribution < -0.4 is 0 Å². The van der Waals surface area contributed by atoms with Crippen LogP contribution in [0.4, 0.5) is 13.2 Å². The number of carbonyl (C=O) groups excluding carboxylic acids is 2. The molecule has 1 aromatic carbocycles. The molecule has 0 unspecified atom stereocenters. The maximum Gasteiger partial charge on any atom is 0.422 e. The van der Waals surface area contributed by atoms with Gasteiger partial charge in [0.1, 0.15) is 0 Å². The summed E-state index contributed by atoms with van der Waals surface area (Å²) in [6.07, 6.45) is 9.66. The van der Waals surface area contributed by atoms with Gasteiger partial charge in [0.2, 0.25) is 0 Å². The highest BCUT2D eigenvalue weighted by molar-refractivity contribution is 6.03. The summed E-state index contributed by atoms with van der Waals surface area (Å²) >= 11 is 0. The maximum absolute atomic E-state index is 12.2. The van der Waals surface area contributed by atoms with Gasteiger partial charge < -0.3 is 9.47 Å². The van der Waals surface area contributed by atoms with Gasteiger partial charge >= 0.3 is 18.1 Å². The molecule has 0 amide bonds. The number of hydrogen-bond donors (Lipinski definition) is 0. The molecule has 0 aliphatic heterocycles. The van der Waals surface area contributed by atoms with E-state index in [1.807, 2.05) is 0 Å². The SMILES string of the molecule is CCCCCCCCCCCCCCOC(=O)c1ccccc1C(=O)OCC(F)(F)F. The largest absolute Gasteiger partial charge is 0.462 e. The molecule has 0 aromatic heterocycles. The first-order valence-corrected chi connectivity index (χ1v) is 11.3. The Hall–Kier alpha value is -2.05. The standard InChI is InChI=1S/C24H35F3O4/c1-2-3-4-5-6-7-8-9-10-11-12-15-18-30-22(28)20-16-13-14-17-21(20)23(29)31-19-24(25,26)27/h13-14,16-17H,2-12,15,18-19H2,1H3. The molecule has 0 N–H and O–H groups in total. The minimum atomic E-state index is -4.63. The Kier molecular flexibility index (Phi) is 13.7. The van der Waals surface area contributed by atoms with Gasteiger partial charge in [-0.2, -0.15) is 13.2 Å². The molecule has 0 radical (unpaired) electrons. The van der Waals surface area contributed by atoms with Crippen molar-refractivity contribution in [2.75, 3.05) is 13.2 Å². The molecular weight excluding hydrogens is 409 g/mol. The third kappa shape index (κ3) is 13.1. The molecule has 1 aromatic rings. The van der Waals surface area contributed by atoms with E-state index in [9.17, 15) is 22.8 Å². The van der Waals surface area contributed by atoms with Gasteiger partial charge in [0.25, 0.3) is 0 Å². The van der Waals surface area contributed by atoms with Gasteiger partial charge in [-0.1, -0.05) is 89.7 Å². The van der Waals surface area contributed by atoms with Crippen LogP contribution in [-0.4, -0.2) is 31.3 Å². The van der Waals surface area contributed by atoms with E-state index in [0.29, 0.717) is 6.42 Å². The van der Waals surface area contributed by atoms with Crippen LogP contribution in [0, 0.1) is 0 Å². The lowest BCUT2D eigenvalue weighted by Crippen LogP contribution is -2.22. The van der Waals surface area contributed by atoms with Crippen LogP contribution in [0.2, 0.25) is 0 Å². The van der Waals surface area contributed by atoms with Crippen LogP contribution in [0.5, 0.6) is 0 Å². The van der Waals surface area contributed by atoms with E-state index in [0.717, 1.165) is 19.3 Å². The summed E-state index contributed by atoms with van der Waals surface area (Å²) in [5.41, 5.74) is -0.319. The summed E-state index contributed by atoms with van der Waals surface area (Å²) in [7, 11) is 0. The summed E-state index contributed by atoms with van der Waals surface area (Å²) in [4.78, 5) is 24.1. The van der Waals surface area contributed by atoms with Crippen LogP contribution in [-0.2, 0) is 9.47 Å². The topological polar surface area (TPSA) is 52.6 Å². The minimum Gasteiger partial charge on any atom is -0.462 e. The van der Waals surface area contributed by atoms with Crippen molar-refractivity contribution in [3.63, 3.8) is 0 Å².